The number of H-pyrrole nitrogens is 1. The predicted molar refractivity (Wildman–Crippen MR) is 57.5 cm³/mol. The first kappa shape index (κ1) is 12.9. The molecule has 0 spiro atoms. The minimum Gasteiger partial charge on any atom is -0.396 e. The van der Waals surface area contributed by atoms with Gasteiger partial charge in [0, 0.05) is 12.5 Å². The second-order valence-corrected chi connectivity index (χ2v) is 4.37. The van der Waals surface area contributed by atoms with Gasteiger partial charge in [-0.3, -0.25) is 14.3 Å². The van der Waals surface area contributed by atoms with Crippen LogP contribution < -0.4 is 11.2 Å². The van der Waals surface area contributed by atoms with Gasteiger partial charge in [-0.25, -0.2) is 4.79 Å². The summed E-state index contributed by atoms with van der Waals surface area (Å²) in [4.78, 5) is 24.2. The van der Waals surface area contributed by atoms with Crippen LogP contribution in [0, 0.1) is 11.7 Å². The molecule has 0 aliphatic heterocycles. The van der Waals surface area contributed by atoms with Gasteiger partial charge >= 0.3 is 5.69 Å². The number of rotatable bonds is 2. The highest BCUT2D eigenvalue weighted by Crippen LogP contribution is 2.34. The summed E-state index contributed by atoms with van der Waals surface area (Å²) in [6.07, 6.45) is -1.68. The second-order valence-electron chi connectivity index (χ2n) is 4.37. The second kappa shape index (κ2) is 4.63. The molecule has 1 aromatic heterocycles. The van der Waals surface area contributed by atoms with E-state index in [1.807, 2.05) is 0 Å². The van der Waals surface area contributed by atoms with E-state index in [-0.39, 0.29) is 13.0 Å². The van der Waals surface area contributed by atoms with Crippen molar-refractivity contribution in [3.05, 3.63) is 32.9 Å². The third-order valence-corrected chi connectivity index (χ3v) is 3.29. The van der Waals surface area contributed by atoms with Gasteiger partial charge in [-0.2, -0.15) is 4.39 Å². The lowest BCUT2D eigenvalue weighted by molar-refractivity contribution is -0.00466. The molecule has 0 bridgehead atoms. The van der Waals surface area contributed by atoms with Crippen LogP contribution in [0.1, 0.15) is 12.5 Å². The molecule has 2 rings (SSSR count). The van der Waals surface area contributed by atoms with E-state index in [1.165, 1.54) is 0 Å². The van der Waals surface area contributed by atoms with Gasteiger partial charge in [0.05, 0.1) is 18.3 Å². The molecule has 8 heteroatoms. The Kier molecular flexibility index (Phi) is 3.33. The third kappa shape index (κ3) is 1.98. The minimum absolute atomic E-state index is 0.115. The van der Waals surface area contributed by atoms with Gasteiger partial charge in [-0.05, 0) is 6.42 Å². The Morgan fingerprint density at radius 3 is 2.61 bits per heavy atom. The number of halogens is 1. The normalized spacial score (nSPS) is 31.8. The molecular formula is C10H13FN2O5. The van der Waals surface area contributed by atoms with Crippen molar-refractivity contribution in [1.29, 1.82) is 0 Å². The molecule has 0 saturated heterocycles. The quantitative estimate of drug-likeness (QED) is 0.488. The molecule has 1 fully saturated rings. The smallest absolute Gasteiger partial charge is 0.328 e. The summed E-state index contributed by atoms with van der Waals surface area (Å²) in [6.45, 7) is -0.352. The number of aromatic nitrogens is 2. The zero-order valence-corrected chi connectivity index (χ0v) is 9.28. The van der Waals surface area contributed by atoms with Crippen molar-refractivity contribution in [3.8, 4) is 0 Å². The number of aliphatic hydroxyl groups is 3. The van der Waals surface area contributed by atoms with Gasteiger partial charge in [0.25, 0.3) is 5.56 Å². The van der Waals surface area contributed by atoms with E-state index in [0.717, 1.165) is 4.57 Å². The molecule has 1 heterocycles. The summed E-state index contributed by atoms with van der Waals surface area (Å²) >= 11 is 0. The van der Waals surface area contributed by atoms with Crippen molar-refractivity contribution < 1.29 is 19.7 Å². The standard InChI is InChI=1S/C10H13FN2O5/c11-5-2-13(10(18)12-9(5)17)6-1-4(3-14)7(15)8(6)16/h2,4,6-8,14-16H,1,3H2,(H,12,17,18)/t4-,6-,7-,8+/m1/s1. The summed E-state index contributed by atoms with van der Waals surface area (Å²) in [6, 6.07) is -0.879. The minimum atomic E-state index is -1.30. The summed E-state index contributed by atoms with van der Waals surface area (Å²) in [7, 11) is 0. The average molecular weight is 260 g/mol. The summed E-state index contributed by atoms with van der Waals surface area (Å²) in [5, 5.41) is 28.4. The lowest BCUT2D eigenvalue weighted by atomic mass is 10.1. The molecule has 1 aliphatic rings. The van der Waals surface area contributed by atoms with E-state index >= 15 is 0 Å². The van der Waals surface area contributed by atoms with E-state index in [4.69, 9.17) is 5.11 Å². The topological polar surface area (TPSA) is 116 Å². The molecule has 1 aromatic rings. The number of hydrogen-bond acceptors (Lipinski definition) is 5. The molecule has 7 nitrogen and oxygen atoms in total. The molecule has 0 amide bonds. The highest BCUT2D eigenvalue weighted by Gasteiger charge is 2.42. The zero-order valence-electron chi connectivity index (χ0n) is 9.28. The lowest BCUT2D eigenvalue weighted by Crippen LogP contribution is -2.38. The molecular weight excluding hydrogens is 247 g/mol. The summed E-state index contributed by atoms with van der Waals surface area (Å²) in [5.74, 6) is -1.74. The van der Waals surface area contributed by atoms with E-state index in [0.29, 0.717) is 6.20 Å². The van der Waals surface area contributed by atoms with Crippen LogP contribution in [0.3, 0.4) is 0 Å². The van der Waals surface area contributed by atoms with Crippen LogP contribution in [-0.2, 0) is 0 Å². The fraction of sp³-hybridized carbons (Fsp3) is 0.600. The van der Waals surface area contributed by atoms with E-state index in [2.05, 4.69) is 0 Å². The predicted octanol–water partition coefficient (Wildman–Crippen LogP) is -2.05. The largest absolute Gasteiger partial charge is 0.396 e. The highest BCUT2D eigenvalue weighted by molar-refractivity contribution is 4.98. The van der Waals surface area contributed by atoms with Crippen molar-refractivity contribution in [2.45, 2.75) is 24.7 Å². The molecule has 0 unspecified atom stereocenters. The Labute approximate surface area is 100 Å². The third-order valence-electron chi connectivity index (χ3n) is 3.29. The Balaban J connectivity index is 2.42. The van der Waals surface area contributed by atoms with Crippen molar-refractivity contribution in [2.75, 3.05) is 6.61 Å². The fourth-order valence-corrected chi connectivity index (χ4v) is 2.26. The van der Waals surface area contributed by atoms with Crippen LogP contribution in [0.2, 0.25) is 0 Å². The monoisotopic (exact) mass is 260 g/mol. The molecule has 100 valence electrons. The molecule has 4 atom stereocenters. The van der Waals surface area contributed by atoms with Crippen molar-refractivity contribution in [2.24, 2.45) is 5.92 Å². The van der Waals surface area contributed by atoms with E-state index < -0.39 is 41.2 Å². The number of hydrogen-bond donors (Lipinski definition) is 4. The molecule has 18 heavy (non-hydrogen) atoms. The molecule has 4 N–H and O–H groups in total. The maximum absolute atomic E-state index is 13.1. The first-order valence-corrected chi connectivity index (χ1v) is 5.43. The Hall–Kier alpha value is -1.51. The van der Waals surface area contributed by atoms with Gasteiger partial charge in [0.2, 0.25) is 5.82 Å². The van der Waals surface area contributed by atoms with Gasteiger partial charge in [-0.1, -0.05) is 0 Å². The highest BCUT2D eigenvalue weighted by atomic mass is 19.1. The van der Waals surface area contributed by atoms with Crippen molar-refractivity contribution >= 4 is 0 Å². The maximum atomic E-state index is 13.1. The number of nitrogens with zero attached hydrogens (tertiary/aromatic N) is 1. The van der Waals surface area contributed by atoms with Crippen LogP contribution in [0.15, 0.2) is 15.8 Å². The molecule has 0 aromatic carbocycles. The van der Waals surface area contributed by atoms with Gasteiger partial charge < -0.3 is 15.3 Å². The van der Waals surface area contributed by atoms with Crippen LogP contribution in [0.25, 0.3) is 0 Å². The number of nitrogens with one attached hydrogen (secondary N) is 1. The van der Waals surface area contributed by atoms with Crippen LogP contribution in [-0.4, -0.2) is 43.7 Å². The summed E-state index contributed by atoms with van der Waals surface area (Å²) in [5.41, 5.74) is -2.00. The Morgan fingerprint density at radius 1 is 1.39 bits per heavy atom. The number of aromatic amines is 1. The number of aliphatic hydroxyl groups excluding tert-OH is 3. The van der Waals surface area contributed by atoms with Crippen LogP contribution in [0.5, 0.6) is 0 Å². The molecule has 1 aliphatic carbocycles. The zero-order chi connectivity index (χ0) is 13.4. The maximum Gasteiger partial charge on any atom is 0.328 e. The SMILES string of the molecule is O=c1[nH]c(=O)n([C@@H]2C[C@H](CO)[C@@H](O)[C@H]2O)cc1F. The first-order valence-electron chi connectivity index (χ1n) is 5.43. The van der Waals surface area contributed by atoms with Gasteiger partial charge in [-0.15, -0.1) is 0 Å². The Morgan fingerprint density at radius 2 is 2.06 bits per heavy atom. The lowest BCUT2D eigenvalue weighted by Gasteiger charge is -2.18. The van der Waals surface area contributed by atoms with Crippen molar-refractivity contribution in [1.82, 2.24) is 9.55 Å². The fourth-order valence-electron chi connectivity index (χ4n) is 2.26. The molecule has 1 saturated carbocycles. The van der Waals surface area contributed by atoms with E-state index in [1.54, 1.807) is 4.98 Å². The Bertz CT molecular complexity index is 554. The molecule has 0 radical (unpaired) electrons. The van der Waals surface area contributed by atoms with Gasteiger partial charge in [0.15, 0.2) is 0 Å². The van der Waals surface area contributed by atoms with Crippen molar-refractivity contribution in [3.63, 3.8) is 0 Å². The van der Waals surface area contributed by atoms with Crippen LogP contribution >= 0.6 is 0 Å². The van der Waals surface area contributed by atoms with Crippen LogP contribution in [0.4, 0.5) is 4.39 Å². The summed E-state index contributed by atoms with van der Waals surface area (Å²) < 4.78 is 14.0. The van der Waals surface area contributed by atoms with Gasteiger partial charge in [0.1, 0.15) is 6.10 Å². The van der Waals surface area contributed by atoms with E-state index in [9.17, 15) is 24.2 Å². The first-order chi connectivity index (χ1) is 8.45. The average Bonchev–Trinajstić information content (AvgIpc) is 2.61.